The molecule has 5 nitrogen and oxygen atoms in total. The van der Waals surface area contributed by atoms with Crippen LogP contribution in [0.5, 0.6) is 11.5 Å². The summed E-state index contributed by atoms with van der Waals surface area (Å²) in [6.07, 6.45) is 5.15. The standard InChI is InChI=1S/C24H33NO4/c1-21(2,26)16-13-22-8-9-24(16,28-5)20-23(22)10-11-25(3)17(22)12-14-6-7-15(27-4)19(29-20)18(14)23/h6-7,16-17,20,26H,8-13H2,1-5H3/t16?,17-,20-,22+,23+,24+/m1/s1. The van der Waals surface area contributed by atoms with E-state index in [2.05, 4.69) is 24.1 Å². The van der Waals surface area contributed by atoms with E-state index in [1.807, 2.05) is 21.0 Å². The molecular formula is C24H33NO4. The van der Waals surface area contributed by atoms with Crippen molar-refractivity contribution in [3.8, 4) is 11.5 Å². The van der Waals surface area contributed by atoms with Gasteiger partial charge in [-0.15, -0.1) is 0 Å². The van der Waals surface area contributed by atoms with Crippen molar-refractivity contribution in [2.45, 2.75) is 74.7 Å². The highest BCUT2D eigenvalue weighted by atomic mass is 16.6. The monoisotopic (exact) mass is 399 g/mol. The van der Waals surface area contributed by atoms with Crippen LogP contribution in [0, 0.1) is 11.3 Å². The molecule has 4 bridgehead atoms. The lowest BCUT2D eigenvalue weighted by atomic mass is 9.34. The Bertz CT molecular complexity index is 894. The van der Waals surface area contributed by atoms with Gasteiger partial charge in [-0.25, -0.2) is 0 Å². The third-order valence-corrected chi connectivity index (χ3v) is 9.68. The minimum atomic E-state index is -0.819. The van der Waals surface area contributed by atoms with Gasteiger partial charge in [0, 0.05) is 35.5 Å². The average molecular weight is 400 g/mol. The van der Waals surface area contributed by atoms with E-state index >= 15 is 0 Å². The quantitative estimate of drug-likeness (QED) is 0.847. The number of rotatable bonds is 3. The summed E-state index contributed by atoms with van der Waals surface area (Å²) in [5.41, 5.74) is 1.60. The molecule has 2 heterocycles. The first-order chi connectivity index (χ1) is 13.7. The van der Waals surface area contributed by atoms with Crippen LogP contribution in [-0.4, -0.2) is 61.2 Å². The van der Waals surface area contributed by atoms with Gasteiger partial charge >= 0.3 is 0 Å². The lowest BCUT2D eigenvalue weighted by Crippen LogP contribution is -2.82. The molecule has 1 N–H and O–H groups in total. The lowest BCUT2D eigenvalue weighted by molar-refractivity contribution is -0.298. The number of likely N-dealkylation sites (tertiary alicyclic amines) is 1. The SMILES string of the molecule is COc1ccc2c3c1O[C@H]1[C@]4(OC)CC[C@]5(CC4C(C)(C)O)[C@@H](C2)N(C)CC[C@]315. The molecule has 6 atom stereocenters. The minimum absolute atomic E-state index is 0.0440. The number of piperidine rings is 1. The van der Waals surface area contributed by atoms with Gasteiger partial charge in [-0.3, -0.25) is 0 Å². The molecule has 1 aromatic rings. The van der Waals surface area contributed by atoms with E-state index in [1.165, 1.54) is 11.1 Å². The molecule has 2 aliphatic heterocycles. The summed E-state index contributed by atoms with van der Waals surface area (Å²) in [6.45, 7) is 4.99. The summed E-state index contributed by atoms with van der Waals surface area (Å²) in [6, 6.07) is 4.82. The first-order valence-corrected chi connectivity index (χ1v) is 11.1. The third kappa shape index (κ3) is 1.78. The van der Waals surface area contributed by atoms with Gasteiger partial charge in [-0.05, 0) is 71.2 Å². The number of hydrogen-bond acceptors (Lipinski definition) is 5. The zero-order chi connectivity index (χ0) is 20.4. The number of nitrogens with zero attached hydrogens (tertiary/aromatic N) is 1. The van der Waals surface area contributed by atoms with Crippen molar-refractivity contribution >= 4 is 0 Å². The fourth-order valence-electron chi connectivity index (χ4n) is 8.66. The van der Waals surface area contributed by atoms with Crippen LogP contribution in [0.15, 0.2) is 12.1 Å². The second kappa shape index (κ2) is 5.30. The average Bonchev–Trinajstić information content (AvgIpc) is 3.06. The van der Waals surface area contributed by atoms with Crippen molar-refractivity contribution in [2.24, 2.45) is 11.3 Å². The molecule has 4 aliphatic carbocycles. The molecule has 5 heteroatoms. The van der Waals surface area contributed by atoms with Crippen molar-refractivity contribution < 1.29 is 19.3 Å². The molecule has 0 aromatic heterocycles. The van der Waals surface area contributed by atoms with Crippen molar-refractivity contribution in [2.75, 3.05) is 27.8 Å². The first-order valence-electron chi connectivity index (χ1n) is 11.1. The van der Waals surface area contributed by atoms with E-state index in [0.29, 0.717) is 6.04 Å². The largest absolute Gasteiger partial charge is 0.493 e. The molecule has 158 valence electrons. The highest BCUT2D eigenvalue weighted by Gasteiger charge is 2.81. The normalized spacial score (nSPS) is 44.4. The smallest absolute Gasteiger partial charge is 0.165 e. The Labute approximate surface area is 173 Å². The Balaban J connectivity index is 1.68. The molecule has 1 saturated heterocycles. The lowest BCUT2D eigenvalue weighted by Gasteiger charge is -2.74. The van der Waals surface area contributed by atoms with E-state index in [4.69, 9.17) is 14.2 Å². The van der Waals surface area contributed by atoms with Gasteiger partial charge in [0.1, 0.15) is 11.7 Å². The van der Waals surface area contributed by atoms with Crippen LogP contribution in [0.2, 0.25) is 0 Å². The maximum atomic E-state index is 11.3. The molecule has 2 spiro atoms. The summed E-state index contributed by atoms with van der Waals surface area (Å²) in [5.74, 6) is 1.83. The molecule has 6 aliphatic rings. The minimum Gasteiger partial charge on any atom is -0.493 e. The van der Waals surface area contributed by atoms with Crippen molar-refractivity contribution in [3.05, 3.63) is 23.3 Å². The van der Waals surface area contributed by atoms with E-state index in [0.717, 1.165) is 50.1 Å². The topological polar surface area (TPSA) is 51.2 Å². The first kappa shape index (κ1) is 18.5. The van der Waals surface area contributed by atoms with Crippen LogP contribution in [0.1, 0.15) is 50.7 Å². The maximum absolute atomic E-state index is 11.3. The van der Waals surface area contributed by atoms with Gasteiger partial charge in [0.15, 0.2) is 11.5 Å². The number of fused-ring (bicyclic) bond motifs is 2. The van der Waals surface area contributed by atoms with Crippen LogP contribution in [0.4, 0.5) is 0 Å². The fourth-order valence-corrected chi connectivity index (χ4v) is 8.66. The number of hydrogen-bond donors (Lipinski definition) is 1. The third-order valence-electron chi connectivity index (χ3n) is 9.68. The summed E-state index contributed by atoms with van der Waals surface area (Å²) >= 11 is 0. The maximum Gasteiger partial charge on any atom is 0.165 e. The molecule has 7 rings (SSSR count). The van der Waals surface area contributed by atoms with E-state index < -0.39 is 11.2 Å². The summed E-state index contributed by atoms with van der Waals surface area (Å²) in [7, 11) is 5.85. The highest BCUT2D eigenvalue weighted by molar-refractivity contribution is 5.63. The number of ether oxygens (including phenoxy) is 3. The molecule has 1 unspecified atom stereocenters. The Hall–Kier alpha value is -1.30. The van der Waals surface area contributed by atoms with E-state index in [9.17, 15) is 5.11 Å². The second-order valence-corrected chi connectivity index (χ2v) is 10.8. The van der Waals surface area contributed by atoms with Crippen LogP contribution in [-0.2, 0) is 16.6 Å². The fraction of sp³-hybridized carbons (Fsp3) is 0.750. The molecule has 0 amide bonds. The second-order valence-electron chi connectivity index (χ2n) is 10.8. The van der Waals surface area contributed by atoms with Crippen LogP contribution in [0.25, 0.3) is 0 Å². The Kier molecular flexibility index (Phi) is 3.37. The van der Waals surface area contributed by atoms with Gasteiger partial charge in [-0.1, -0.05) is 6.07 Å². The predicted molar refractivity (Wildman–Crippen MR) is 110 cm³/mol. The molecule has 3 saturated carbocycles. The van der Waals surface area contributed by atoms with Gasteiger partial charge in [0.2, 0.25) is 0 Å². The Morgan fingerprint density at radius 3 is 2.69 bits per heavy atom. The van der Waals surface area contributed by atoms with Gasteiger partial charge in [0.05, 0.1) is 12.7 Å². The van der Waals surface area contributed by atoms with Crippen molar-refractivity contribution in [3.63, 3.8) is 0 Å². The molecule has 1 aromatic carbocycles. The van der Waals surface area contributed by atoms with Gasteiger partial charge < -0.3 is 24.2 Å². The zero-order valence-corrected chi connectivity index (χ0v) is 18.2. The number of aliphatic hydroxyl groups is 1. The number of methoxy groups -OCH3 is 2. The Morgan fingerprint density at radius 1 is 1.21 bits per heavy atom. The zero-order valence-electron chi connectivity index (χ0n) is 18.2. The van der Waals surface area contributed by atoms with Crippen molar-refractivity contribution in [1.82, 2.24) is 4.90 Å². The van der Waals surface area contributed by atoms with E-state index in [1.54, 1.807) is 7.11 Å². The number of benzene rings is 1. The predicted octanol–water partition coefficient (Wildman–Crippen LogP) is 2.91. The van der Waals surface area contributed by atoms with Crippen LogP contribution in [0.3, 0.4) is 0 Å². The number of likely N-dealkylation sites (N-methyl/N-ethyl adjacent to an activating group) is 1. The summed E-state index contributed by atoms with van der Waals surface area (Å²) in [5, 5.41) is 11.3. The Morgan fingerprint density at radius 2 is 2.00 bits per heavy atom. The molecule has 4 fully saturated rings. The van der Waals surface area contributed by atoms with E-state index in [-0.39, 0.29) is 22.9 Å². The highest BCUT2D eigenvalue weighted by Crippen LogP contribution is 2.77. The molecular weight excluding hydrogens is 366 g/mol. The van der Waals surface area contributed by atoms with Crippen molar-refractivity contribution in [1.29, 1.82) is 0 Å². The van der Waals surface area contributed by atoms with Crippen LogP contribution < -0.4 is 9.47 Å². The summed E-state index contributed by atoms with van der Waals surface area (Å²) < 4.78 is 19.1. The molecule has 0 radical (unpaired) electrons. The van der Waals surface area contributed by atoms with Gasteiger partial charge in [-0.2, -0.15) is 0 Å². The summed E-state index contributed by atoms with van der Waals surface area (Å²) in [4.78, 5) is 2.58. The van der Waals surface area contributed by atoms with Gasteiger partial charge in [0.25, 0.3) is 0 Å². The van der Waals surface area contributed by atoms with Crippen LogP contribution >= 0.6 is 0 Å². The molecule has 29 heavy (non-hydrogen) atoms.